The van der Waals surface area contributed by atoms with Crippen molar-refractivity contribution in [1.82, 2.24) is 10.2 Å². The Bertz CT molecular complexity index is 1180. The number of hydrogen-bond acceptors (Lipinski definition) is 3. The van der Waals surface area contributed by atoms with Crippen LogP contribution < -0.4 is 10.1 Å². The van der Waals surface area contributed by atoms with Gasteiger partial charge in [-0.2, -0.15) is 0 Å². The highest BCUT2D eigenvalue weighted by Gasteiger charge is 2.31. The number of nitrogens with zero attached hydrogens (tertiary/aromatic N) is 1. The molecule has 196 valence electrons. The minimum absolute atomic E-state index is 0.000344. The highest BCUT2D eigenvalue weighted by Crippen LogP contribution is 2.26. The highest BCUT2D eigenvalue weighted by molar-refractivity contribution is 9.10. The number of carbonyl (C=O) groups excluding carboxylic acids is 2. The maximum atomic E-state index is 13.7. The van der Waals surface area contributed by atoms with E-state index in [-0.39, 0.29) is 24.5 Å². The predicted molar refractivity (Wildman–Crippen MR) is 156 cm³/mol. The monoisotopic (exact) mass is 628 g/mol. The lowest BCUT2D eigenvalue weighted by atomic mass is 10.0. The summed E-state index contributed by atoms with van der Waals surface area (Å²) in [6.07, 6.45) is 1.21. The van der Waals surface area contributed by atoms with Crippen LogP contribution in [-0.2, 0) is 22.6 Å². The zero-order valence-electron chi connectivity index (χ0n) is 21.8. The third-order valence-electron chi connectivity index (χ3n) is 6.31. The van der Waals surface area contributed by atoms with Crippen molar-refractivity contribution in [2.75, 3.05) is 6.61 Å². The first kappa shape index (κ1) is 28.9. The number of carbonyl (C=O) groups is 2. The number of aryl methyl sites for hydroxylation is 2. The summed E-state index contributed by atoms with van der Waals surface area (Å²) in [5.74, 6) is 0.208. The zero-order chi connectivity index (χ0) is 26.9. The number of hydrogen-bond donors (Lipinski definition) is 1. The van der Waals surface area contributed by atoms with E-state index in [1.165, 1.54) is 0 Å². The summed E-state index contributed by atoms with van der Waals surface area (Å²) in [6, 6.07) is 20.7. The van der Waals surface area contributed by atoms with Crippen molar-refractivity contribution in [1.29, 1.82) is 0 Å². The standard InChI is InChI=1S/C30H34Br2N2O3/c1-5-22(4)33-30(36)27(17-23-9-7-6-8-10-23)34(18-24-11-13-25(31)14-12-24)28(35)19-37-26-15-20(2)29(32)21(3)16-26/h6-16,22,27H,5,17-19H2,1-4H3,(H,33,36)/t22-,27+/m1/s1. The molecule has 7 heteroatoms. The summed E-state index contributed by atoms with van der Waals surface area (Å²) in [5.41, 5.74) is 3.98. The van der Waals surface area contributed by atoms with E-state index in [9.17, 15) is 9.59 Å². The van der Waals surface area contributed by atoms with Crippen molar-refractivity contribution in [3.05, 3.63) is 97.9 Å². The van der Waals surface area contributed by atoms with Gasteiger partial charge in [-0.3, -0.25) is 9.59 Å². The Hall–Kier alpha value is -2.64. The molecule has 3 aromatic rings. The van der Waals surface area contributed by atoms with E-state index in [0.29, 0.717) is 18.7 Å². The molecule has 2 atom stereocenters. The molecule has 0 aromatic heterocycles. The molecule has 0 heterocycles. The Kier molecular flexibility index (Phi) is 10.8. The summed E-state index contributed by atoms with van der Waals surface area (Å²) >= 11 is 7.04. The molecule has 0 aliphatic heterocycles. The van der Waals surface area contributed by atoms with Gasteiger partial charge in [-0.15, -0.1) is 0 Å². The van der Waals surface area contributed by atoms with E-state index in [1.54, 1.807) is 4.90 Å². The van der Waals surface area contributed by atoms with Crippen LogP contribution in [-0.4, -0.2) is 35.4 Å². The van der Waals surface area contributed by atoms with E-state index in [1.807, 2.05) is 94.4 Å². The molecule has 0 bridgehead atoms. The van der Waals surface area contributed by atoms with Crippen molar-refractivity contribution in [3.8, 4) is 5.75 Å². The summed E-state index contributed by atoms with van der Waals surface area (Å²) in [4.78, 5) is 28.9. The molecule has 0 spiro atoms. The molecule has 37 heavy (non-hydrogen) atoms. The van der Waals surface area contributed by atoms with Gasteiger partial charge in [0.15, 0.2) is 6.61 Å². The van der Waals surface area contributed by atoms with Crippen molar-refractivity contribution >= 4 is 43.7 Å². The van der Waals surface area contributed by atoms with Crippen LogP contribution >= 0.6 is 31.9 Å². The van der Waals surface area contributed by atoms with Crippen LogP contribution in [0.2, 0.25) is 0 Å². The van der Waals surface area contributed by atoms with E-state index >= 15 is 0 Å². The summed E-state index contributed by atoms with van der Waals surface area (Å²) in [7, 11) is 0. The van der Waals surface area contributed by atoms with Crippen LogP contribution in [0.4, 0.5) is 0 Å². The average molecular weight is 630 g/mol. The number of benzene rings is 3. The molecule has 3 rings (SSSR count). The predicted octanol–water partition coefficient (Wildman–Crippen LogP) is 6.76. The molecular weight excluding hydrogens is 596 g/mol. The van der Waals surface area contributed by atoms with Crippen LogP contribution in [0.1, 0.15) is 42.5 Å². The summed E-state index contributed by atoms with van der Waals surface area (Å²) in [5, 5.41) is 3.09. The smallest absolute Gasteiger partial charge is 0.261 e. The van der Waals surface area contributed by atoms with Gasteiger partial charge in [-0.1, -0.05) is 81.2 Å². The van der Waals surface area contributed by atoms with Crippen LogP contribution in [0.5, 0.6) is 5.75 Å². The maximum Gasteiger partial charge on any atom is 0.261 e. The Morgan fingerprint density at radius 2 is 1.57 bits per heavy atom. The molecule has 0 saturated heterocycles. The molecule has 0 radical (unpaired) electrons. The quantitative estimate of drug-likeness (QED) is 0.255. The van der Waals surface area contributed by atoms with Gasteiger partial charge in [0.2, 0.25) is 5.91 Å². The molecule has 3 aromatic carbocycles. The fourth-order valence-electron chi connectivity index (χ4n) is 4.00. The fourth-order valence-corrected chi connectivity index (χ4v) is 4.49. The van der Waals surface area contributed by atoms with Crippen molar-refractivity contribution < 1.29 is 14.3 Å². The Labute approximate surface area is 236 Å². The molecule has 1 N–H and O–H groups in total. The van der Waals surface area contributed by atoms with Crippen LogP contribution in [0.25, 0.3) is 0 Å². The van der Waals surface area contributed by atoms with Gasteiger partial charge >= 0.3 is 0 Å². The van der Waals surface area contributed by atoms with Crippen molar-refractivity contribution in [3.63, 3.8) is 0 Å². The summed E-state index contributed by atoms with van der Waals surface area (Å²) < 4.78 is 7.93. The van der Waals surface area contributed by atoms with Crippen molar-refractivity contribution in [2.24, 2.45) is 0 Å². The summed E-state index contributed by atoms with van der Waals surface area (Å²) in [6.45, 7) is 8.09. The SMILES string of the molecule is CC[C@@H](C)NC(=O)[C@H](Cc1ccccc1)N(Cc1ccc(Br)cc1)C(=O)COc1cc(C)c(Br)c(C)c1. The number of amides is 2. The second-order valence-corrected chi connectivity index (χ2v) is 11.0. The minimum Gasteiger partial charge on any atom is -0.484 e. The third-order valence-corrected chi connectivity index (χ3v) is 8.09. The van der Waals surface area contributed by atoms with Gasteiger partial charge in [0.05, 0.1) is 0 Å². The zero-order valence-corrected chi connectivity index (χ0v) is 24.9. The number of rotatable bonds is 11. The van der Waals surface area contributed by atoms with E-state index in [4.69, 9.17) is 4.74 Å². The first-order chi connectivity index (χ1) is 17.7. The van der Waals surface area contributed by atoms with Crippen LogP contribution in [0.15, 0.2) is 75.7 Å². The van der Waals surface area contributed by atoms with Gasteiger partial charge in [0.25, 0.3) is 5.91 Å². The average Bonchev–Trinajstić information content (AvgIpc) is 2.89. The highest BCUT2D eigenvalue weighted by atomic mass is 79.9. The third kappa shape index (κ3) is 8.44. The van der Waals surface area contributed by atoms with E-state index < -0.39 is 6.04 Å². The number of nitrogens with one attached hydrogen (secondary N) is 1. The van der Waals surface area contributed by atoms with Crippen LogP contribution in [0, 0.1) is 13.8 Å². The van der Waals surface area contributed by atoms with Crippen molar-refractivity contribution in [2.45, 2.75) is 59.2 Å². The molecule has 0 fully saturated rings. The normalized spacial score (nSPS) is 12.5. The maximum absolute atomic E-state index is 13.7. The van der Waals surface area contributed by atoms with Gasteiger partial charge < -0.3 is 15.0 Å². The molecule has 0 unspecified atom stereocenters. The Morgan fingerprint density at radius 3 is 2.16 bits per heavy atom. The lowest BCUT2D eigenvalue weighted by Gasteiger charge is -2.32. The van der Waals surface area contributed by atoms with Gasteiger partial charge in [-0.05, 0) is 73.7 Å². The van der Waals surface area contributed by atoms with Crippen LogP contribution in [0.3, 0.4) is 0 Å². The molecule has 0 aliphatic carbocycles. The number of ether oxygens (including phenoxy) is 1. The van der Waals surface area contributed by atoms with E-state index in [2.05, 4.69) is 37.2 Å². The Morgan fingerprint density at radius 1 is 0.946 bits per heavy atom. The molecule has 2 amide bonds. The Balaban J connectivity index is 1.92. The van der Waals surface area contributed by atoms with Gasteiger partial charge in [-0.25, -0.2) is 0 Å². The molecule has 5 nitrogen and oxygen atoms in total. The largest absolute Gasteiger partial charge is 0.484 e. The molecule has 0 saturated carbocycles. The first-order valence-corrected chi connectivity index (χ1v) is 14.0. The number of halogens is 2. The van der Waals surface area contributed by atoms with Gasteiger partial charge in [0.1, 0.15) is 11.8 Å². The second kappa shape index (κ2) is 13.8. The fraction of sp³-hybridized carbons (Fsp3) is 0.333. The minimum atomic E-state index is -0.690. The second-order valence-electron chi connectivity index (χ2n) is 9.33. The lowest BCUT2D eigenvalue weighted by molar-refractivity contribution is -0.143. The van der Waals surface area contributed by atoms with Gasteiger partial charge in [0, 0.05) is 28.0 Å². The molecular formula is C30H34Br2N2O3. The lowest BCUT2D eigenvalue weighted by Crippen LogP contribution is -2.53. The first-order valence-electron chi connectivity index (χ1n) is 12.5. The topological polar surface area (TPSA) is 58.6 Å². The van der Waals surface area contributed by atoms with E-state index in [0.717, 1.165) is 37.6 Å². The molecule has 0 aliphatic rings.